The lowest BCUT2D eigenvalue weighted by Gasteiger charge is -2.26. The largest absolute Gasteiger partial charge is 0.497 e. The van der Waals surface area contributed by atoms with Crippen molar-refractivity contribution in [2.75, 3.05) is 12.4 Å². The third-order valence-corrected chi connectivity index (χ3v) is 4.73. The van der Waals surface area contributed by atoms with Gasteiger partial charge in [-0.1, -0.05) is 24.3 Å². The molecule has 0 aliphatic carbocycles. The minimum absolute atomic E-state index is 0.0147. The molecule has 2 aromatic carbocycles. The summed E-state index contributed by atoms with van der Waals surface area (Å²) >= 11 is 0. The summed E-state index contributed by atoms with van der Waals surface area (Å²) in [6.45, 7) is 2.54. The Morgan fingerprint density at radius 3 is 2.67 bits per heavy atom. The summed E-state index contributed by atoms with van der Waals surface area (Å²) in [4.78, 5) is 19.3. The van der Waals surface area contributed by atoms with Gasteiger partial charge in [-0.05, 0) is 54.4 Å². The van der Waals surface area contributed by atoms with Crippen molar-refractivity contribution >= 4 is 11.6 Å². The highest BCUT2D eigenvalue weighted by Crippen LogP contribution is 2.34. The summed E-state index contributed by atoms with van der Waals surface area (Å²) in [5.41, 5.74) is 4.57. The zero-order valence-corrected chi connectivity index (χ0v) is 15.3. The number of pyridine rings is 1. The lowest BCUT2D eigenvalue weighted by molar-refractivity contribution is 0.0728. The maximum atomic E-state index is 13.0. The molecule has 0 bridgehead atoms. The second-order valence-electron chi connectivity index (χ2n) is 6.63. The van der Waals surface area contributed by atoms with Gasteiger partial charge in [0.15, 0.2) is 0 Å². The van der Waals surface area contributed by atoms with Crippen LogP contribution in [0.25, 0.3) is 0 Å². The molecule has 1 atom stereocenters. The summed E-state index contributed by atoms with van der Waals surface area (Å²) < 4.78 is 5.22. The summed E-state index contributed by atoms with van der Waals surface area (Å²) in [6.07, 6.45) is 1.42. The van der Waals surface area contributed by atoms with Crippen molar-refractivity contribution in [3.05, 3.63) is 89.2 Å². The first-order valence-electron chi connectivity index (χ1n) is 8.88. The van der Waals surface area contributed by atoms with Crippen LogP contribution in [0.15, 0.2) is 66.9 Å². The number of benzene rings is 2. The standard InChI is InChI=1S/C22H21N3O2/c1-15-5-3-6-17(13-15)24-21-20-19(7-4-12-23-20)22(26)25(21)14-16-8-10-18(27-2)11-9-16/h3-13,21,24H,14H2,1-2H3. The number of hydrogen-bond donors (Lipinski definition) is 1. The lowest BCUT2D eigenvalue weighted by atomic mass is 10.2. The molecule has 0 fully saturated rings. The number of amides is 1. The fourth-order valence-electron chi connectivity index (χ4n) is 3.37. The van der Waals surface area contributed by atoms with Crippen LogP contribution in [0.4, 0.5) is 5.69 Å². The number of anilines is 1. The van der Waals surface area contributed by atoms with E-state index in [1.165, 1.54) is 0 Å². The van der Waals surface area contributed by atoms with Gasteiger partial charge in [0.2, 0.25) is 0 Å². The molecule has 136 valence electrons. The van der Waals surface area contributed by atoms with Gasteiger partial charge >= 0.3 is 0 Å². The fraction of sp³-hybridized carbons (Fsp3) is 0.182. The summed E-state index contributed by atoms with van der Waals surface area (Å²) in [5, 5.41) is 3.48. The maximum Gasteiger partial charge on any atom is 0.258 e. The number of aromatic nitrogens is 1. The second kappa shape index (κ2) is 7.11. The zero-order chi connectivity index (χ0) is 18.8. The van der Waals surface area contributed by atoms with E-state index in [0.717, 1.165) is 28.3 Å². The fourth-order valence-corrected chi connectivity index (χ4v) is 3.37. The van der Waals surface area contributed by atoms with Crippen LogP contribution in [-0.2, 0) is 6.54 Å². The van der Waals surface area contributed by atoms with Gasteiger partial charge in [-0.3, -0.25) is 9.78 Å². The van der Waals surface area contributed by atoms with Crippen molar-refractivity contribution in [3.8, 4) is 5.75 Å². The molecule has 5 nitrogen and oxygen atoms in total. The monoisotopic (exact) mass is 359 g/mol. The average Bonchev–Trinajstić information content (AvgIpc) is 2.95. The Labute approximate surface area is 158 Å². The molecule has 3 aromatic rings. The molecule has 0 spiro atoms. The van der Waals surface area contributed by atoms with Crippen molar-refractivity contribution in [2.45, 2.75) is 19.6 Å². The molecule has 0 radical (unpaired) electrons. The Morgan fingerprint density at radius 2 is 1.93 bits per heavy atom. The Morgan fingerprint density at radius 1 is 1.11 bits per heavy atom. The Hall–Kier alpha value is -3.34. The predicted octanol–water partition coefficient (Wildman–Crippen LogP) is 4.17. The molecule has 2 heterocycles. The van der Waals surface area contributed by atoms with Crippen LogP contribution in [0, 0.1) is 6.92 Å². The highest BCUT2D eigenvalue weighted by Gasteiger charge is 2.37. The molecule has 1 unspecified atom stereocenters. The molecule has 5 heteroatoms. The smallest absolute Gasteiger partial charge is 0.258 e. The van der Waals surface area contributed by atoms with E-state index >= 15 is 0 Å². The van der Waals surface area contributed by atoms with Crippen LogP contribution < -0.4 is 10.1 Å². The molecular formula is C22H21N3O2. The number of hydrogen-bond acceptors (Lipinski definition) is 4. The van der Waals surface area contributed by atoms with E-state index in [-0.39, 0.29) is 12.1 Å². The first-order chi connectivity index (χ1) is 13.2. The third-order valence-electron chi connectivity index (χ3n) is 4.73. The molecule has 1 aliphatic rings. The van der Waals surface area contributed by atoms with Gasteiger partial charge in [0.05, 0.1) is 18.4 Å². The van der Waals surface area contributed by atoms with Gasteiger partial charge in [-0.25, -0.2) is 0 Å². The van der Waals surface area contributed by atoms with E-state index in [4.69, 9.17) is 4.74 Å². The molecule has 27 heavy (non-hydrogen) atoms. The van der Waals surface area contributed by atoms with E-state index in [2.05, 4.69) is 16.4 Å². The minimum atomic E-state index is -0.308. The van der Waals surface area contributed by atoms with Crippen LogP contribution >= 0.6 is 0 Å². The summed E-state index contributed by atoms with van der Waals surface area (Å²) in [6, 6.07) is 19.5. The predicted molar refractivity (Wildman–Crippen MR) is 105 cm³/mol. The number of carbonyl (C=O) groups excluding carboxylic acids is 1. The Kier molecular flexibility index (Phi) is 4.50. The highest BCUT2D eigenvalue weighted by atomic mass is 16.5. The minimum Gasteiger partial charge on any atom is -0.497 e. The van der Waals surface area contributed by atoms with Crippen molar-refractivity contribution in [2.24, 2.45) is 0 Å². The summed E-state index contributed by atoms with van der Waals surface area (Å²) in [5.74, 6) is 0.782. The van der Waals surface area contributed by atoms with Gasteiger partial charge in [0, 0.05) is 18.4 Å². The van der Waals surface area contributed by atoms with Crippen LogP contribution in [0.1, 0.15) is 33.3 Å². The van der Waals surface area contributed by atoms with Gasteiger partial charge in [-0.15, -0.1) is 0 Å². The Balaban J connectivity index is 1.66. The van der Waals surface area contributed by atoms with E-state index in [1.54, 1.807) is 19.4 Å². The van der Waals surface area contributed by atoms with Crippen molar-refractivity contribution in [1.82, 2.24) is 9.88 Å². The normalized spacial score (nSPS) is 15.6. The van der Waals surface area contributed by atoms with Crippen LogP contribution in [0.2, 0.25) is 0 Å². The molecule has 1 aromatic heterocycles. The number of nitrogens with zero attached hydrogens (tertiary/aromatic N) is 2. The quantitative estimate of drug-likeness (QED) is 0.743. The van der Waals surface area contributed by atoms with Gasteiger partial charge in [-0.2, -0.15) is 0 Å². The van der Waals surface area contributed by atoms with Crippen LogP contribution in [0.3, 0.4) is 0 Å². The second-order valence-corrected chi connectivity index (χ2v) is 6.63. The maximum absolute atomic E-state index is 13.0. The molecule has 1 N–H and O–H groups in total. The molecule has 1 amide bonds. The molecule has 1 aliphatic heterocycles. The van der Waals surface area contributed by atoms with E-state index in [1.807, 2.05) is 60.4 Å². The van der Waals surface area contributed by atoms with E-state index in [0.29, 0.717) is 12.1 Å². The molecule has 4 rings (SSSR count). The summed E-state index contributed by atoms with van der Waals surface area (Å²) in [7, 11) is 1.64. The number of carbonyl (C=O) groups is 1. The van der Waals surface area contributed by atoms with E-state index < -0.39 is 0 Å². The van der Waals surface area contributed by atoms with Crippen molar-refractivity contribution in [3.63, 3.8) is 0 Å². The number of rotatable bonds is 5. The van der Waals surface area contributed by atoms with Gasteiger partial charge < -0.3 is 15.0 Å². The van der Waals surface area contributed by atoms with E-state index in [9.17, 15) is 4.79 Å². The first kappa shape index (κ1) is 17.1. The van der Waals surface area contributed by atoms with Crippen molar-refractivity contribution in [1.29, 1.82) is 0 Å². The lowest BCUT2D eigenvalue weighted by Crippen LogP contribution is -2.32. The zero-order valence-electron chi connectivity index (χ0n) is 15.3. The Bertz CT molecular complexity index is 969. The SMILES string of the molecule is COc1ccc(CN2C(=O)c3cccnc3C2Nc2cccc(C)c2)cc1. The van der Waals surface area contributed by atoms with Crippen molar-refractivity contribution < 1.29 is 9.53 Å². The van der Waals surface area contributed by atoms with Gasteiger partial charge in [0.25, 0.3) is 5.91 Å². The average molecular weight is 359 g/mol. The number of aryl methyl sites for hydroxylation is 1. The van der Waals surface area contributed by atoms with Crippen LogP contribution in [0.5, 0.6) is 5.75 Å². The number of fused-ring (bicyclic) bond motifs is 1. The molecule has 0 saturated carbocycles. The number of methoxy groups -OCH3 is 1. The number of nitrogens with one attached hydrogen (secondary N) is 1. The highest BCUT2D eigenvalue weighted by molar-refractivity contribution is 5.98. The molecular weight excluding hydrogens is 338 g/mol. The third kappa shape index (κ3) is 3.36. The first-order valence-corrected chi connectivity index (χ1v) is 8.88. The van der Waals surface area contributed by atoms with Crippen LogP contribution in [-0.4, -0.2) is 22.9 Å². The number of ether oxygens (including phenoxy) is 1. The van der Waals surface area contributed by atoms with Gasteiger partial charge in [0.1, 0.15) is 11.9 Å². The molecule has 0 saturated heterocycles. The topological polar surface area (TPSA) is 54.5 Å².